The number of pyridine rings is 1. The van der Waals surface area contributed by atoms with Crippen LogP contribution in [-0.2, 0) is 6.42 Å². The maximum absolute atomic E-state index is 4.35. The predicted molar refractivity (Wildman–Crippen MR) is 46.0 cm³/mol. The van der Waals surface area contributed by atoms with E-state index in [0.29, 0.717) is 0 Å². The van der Waals surface area contributed by atoms with Gasteiger partial charge in [0.25, 0.3) is 0 Å². The summed E-state index contributed by atoms with van der Waals surface area (Å²) in [6, 6.07) is 4.12. The number of nitrogens with one attached hydrogen (secondary N) is 2. The Labute approximate surface area is 65.8 Å². The van der Waals surface area contributed by atoms with Gasteiger partial charge >= 0.3 is 0 Å². The van der Waals surface area contributed by atoms with Crippen LogP contribution < -0.4 is 10.6 Å². The minimum absolute atomic E-state index is 0.929. The second-order valence-corrected chi connectivity index (χ2v) is 2.63. The molecule has 0 spiro atoms. The average Bonchev–Trinajstić information content (AvgIpc) is 2.50. The molecule has 2 rings (SSSR count). The Morgan fingerprint density at radius 1 is 1.55 bits per heavy atom. The van der Waals surface area contributed by atoms with Gasteiger partial charge in [-0.2, -0.15) is 0 Å². The van der Waals surface area contributed by atoms with Crippen molar-refractivity contribution in [2.75, 3.05) is 24.2 Å². The lowest BCUT2D eigenvalue weighted by molar-refractivity contribution is 1.11. The summed E-state index contributed by atoms with van der Waals surface area (Å²) in [5.74, 6) is 1.97. The number of rotatable bonds is 1. The second-order valence-electron chi connectivity index (χ2n) is 2.63. The molecule has 11 heavy (non-hydrogen) atoms. The quantitative estimate of drug-likeness (QED) is 0.627. The molecular weight excluding hydrogens is 138 g/mol. The molecule has 3 nitrogen and oxygen atoms in total. The largest absolute Gasteiger partial charge is 0.373 e. The molecule has 0 aromatic carbocycles. The predicted octanol–water partition coefficient (Wildman–Crippen LogP) is 1.09. The molecule has 0 saturated carbocycles. The molecular formula is C8H11N3. The van der Waals surface area contributed by atoms with Crippen molar-refractivity contribution >= 4 is 11.6 Å². The fourth-order valence-corrected chi connectivity index (χ4v) is 1.30. The van der Waals surface area contributed by atoms with Crippen LogP contribution in [0.1, 0.15) is 5.56 Å². The van der Waals surface area contributed by atoms with Gasteiger partial charge < -0.3 is 10.6 Å². The summed E-state index contributed by atoms with van der Waals surface area (Å²) >= 11 is 0. The first-order valence-corrected chi connectivity index (χ1v) is 3.82. The van der Waals surface area contributed by atoms with Crippen LogP contribution in [0.4, 0.5) is 11.6 Å². The normalized spacial score (nSPS) is 13.9. The highest BCUT2D eigenvalue weighted by molar-refractivity contribution is 5.54. The van der Waals surface area contributed by atoms with E-state index < -0.39 is 0 Å². The molecule has 0 aliphatic carbocycles. The van der Waals surface area contributed by atoms with Gasteiger partial charge in [-0.05, 0) is 18.1 Å². The number of anilines is 2. The maximum Gasteiger partial charge on any atom is 0.131 e. The van der Waals surface area contributed by atoms with E-state index >= 15 is 0 Å². The van der Waals surface area contributed by atoms with Crippen LogP contribution in [0.2, 0.25) is 0 Å². The van der Waals surface area contributed by atoms with Crippen LogP contribution >= 0.6 is 0 Å². The minimum atomic E-state index is 0.929. The third-order valence-corrected chi connectivity index (χ3v) is 1.92. The first-order chi connectivity index (χ1) is 5.40. The molecule has 58 valence electrons. The van der Waals surface area contributed by atoms with E-state index in [2.05, 4.69) is 21.7 Å². The van der Waals surface area contributed by atoms with Crippen molar-refractivity contribution in [1.82, 2.24) is 4.98 Å². The zero-order chi connectivity index (χ0) is 7.68. The summed E-state index contributed by atoms with van der Waals surface area (Å²) in [7, 11) is 1.88. The molecule has 0 bridgehead atoms. The van der Waals surface area contributed by atoms with Crippen molar-refractivity contribution in [3.8, 4) is 0 Å². The molecule has 0 saturated heterocycles. The van der Waals surface area contributed by atoms with Gasteiger partial charge in [-0.15, -0.1) is 0 Å². The van der Waals surface area contributed by atoms with Crippen LogP contribution in [0.25, 0.3) is 0 Å². The van der Waals surface area contributed by atoms with Gasteiger partial charge in [0.2, 0.25) is 0 Å². The fourth-order valence-electron chi connectivity index (χ4n) is 1.30. The second kappa shape index (κ2) is 2.42. The van der Waals surface area contributed by atoms with E-state index in [1.54, 1.807) is 0 Å². The Balaban J connectivity index is 2.41. The average molecular weight is 149 g/mol. The topological polar surface area (TPSA) is 37.0 Å². The van der Waals surface area contributed by atoms with E-state index in [0.717, 1.165) is 24.6 Å². The van der Waals surface area contributed by atoms with Gasteiger partial charge in [0.05, 0.1) is 0 Å². The molecule has 1 aliphatic heterocycles. The Kier molecular flexibility index (Phi) is 1.42. The molecule has 1 aromatic rings. The Bertz CT molecular complexity index is 270. The van der Waals surface area contributed by atoms with Crippen LogP contribution in [0.15, 0.2) is 12.1 Å². The maximum atomic E-state index is 4.35. The van der Waals surface area contributed by atoms with Crippen LogP contribution in [0, 0.1) is 0 Å². The van der Waals surface area contributed by atoms with Gasteiger partial charge in [-0.1, -0.05) is 6.07 Å². The van der Waals surface area contributed by atoms with E-state index in [1.165, 1.54) is 5.56 Å². The number of nitrogens with zero attached hydrogens (tertiary/aromatic N) is 1. The van der Waals surface area contributed by atoms with Crippen molar-refractivity contribution in [3.05, 3.63) is 17.7 Å². The van der Waals surface area contributed by atoms with Crippen LogP contribution in [0.3, 0.4) is 0 Å². The third-order valence-electron chi connectivity index (χ3n) is 1.92. The smallest absolute Gasteiger partial charge is 0.131 e. The molecule has 2 N–H and O–H groups in total. The van der Waals surface area contributed by atoms with Gasteiger partial charge in [0.15, 0.2) is 0 Å². The Hall–Kier alpha value is -1.25. The molecule has 1 aromatic heterocycles. The Morgan fingerprint density at radius 2 is 2.45 bits per heavy atom. The Morgan fingerprint density at radius 3 is 3.27 bits per heavy atom. The number of fused-ring (bicyclic) bond motifs is 1. The molecule has 0 amide bonds. The molecule has 0 fully saturated rings. The van der Waals surface area contributed by atoms with Gasteiger partial charge in [-0.3, -0.25) is 0 Å². The van der Waals surface area contributed by atoms with E-state index in [1.807, 2.05) is 13.1 Å². The van der Waals surface area contributed by atoms with E-state index in [-0.39, 0.29) is 0 Å². The lowest BCUT2D eigenvalue weighted by Crippen LogP contribution is -1.96. The highest BCUT2D eigenvalue weighted by Crippen LogP contribution is 2.20. The summed E-state index contributed by atoms with van der Waals surface area (Å²) in [6.07, 6.45) is 1.10. The van der Waals surface area contributed by atoms with Crippen LogP contribution in [0.5, 0.6) is 0 Å². The molecule has 0 unspecified atom stereocenters. The van der Waals surface area contributed by atoms with Gasteiger partial charge in [0.1, 0.15) is 11.6 Å². The first-order valence-electron chi connectivity index (χ1n) is 3.82. The summed E-state index contributed by atoms with van der Waals surface area (Å²) < 4.78 is 0. The van der Waals surface area contributed by atoms with E-state index in [4.69, 9.17) is 0 Å². The molecule has 1 aliphatic rings. The molecule has 2 heterocycles. The summed E-state index contributed by atoms with van der Waals surface area (Å²) in [4.78, 5) is 4.35. The lowest BCUT2D eigenvalue weighted by atomic mass is 10.2. The summed E-state index contributed by atoms with van der Waals surface area (Å²) in [5.41, 5.74) is 1.32. The first kappa shape index (κ1) is 6.46. The molecule has 0 radical (unpaired) electrons. The number of hydrogen-bond donors (Lipinski definition) is 2. The van der Waals surface area contributed by atoms with Crippen molar-refractivity contribution < 1.29 is 0 Å². The van der Waals surface area contributed by atoms with Gasteiger partial charge in [0, 0.05) is 13.6 Å². The zero-order valence-electron chi connectivity index (χ0n) is 6.52. The zero-order valence-corrected chi connectivity index (χ0v) is 6.52. The van der Waals surface area contributed by atoms with Crippen molar-refractivity contribution in [2.45, 2.75) is 6.42 Å². The number of hydrogen-bond acceptors (Lipinski definition) is 3. The fraction of sp³-hybridized carbons (Fsp3) is 0.375. The molecule has 0 atom stereocenters. The van der Waals surface area contributed by atoms with Gasteiger partial charge in [-0.25, -0.2) is 4.98 Å². The highest BCUT2D eigenvalue weighted by atomic mass is 15.1. The van der Waals surface area contributed by atoms with Crippen molar-refractivity contribution in [1.29, 1.82) is 0 Å². The third kappa shape index (κ3) is 1.02. The summed E-state index contributed by atoms with van der Waals surface area (Å²) in [5, 5.41) is 6.23. The van der Waals surface area contributed by atoms with Crippen LogP contribution in [-0.4, -0.2) is 18.6 Å². The highest BCUT2D eigenvalue weighted by Gasteiger charge is 2.10. The van der Waals surface area contributed by atoms with Crippen molar-refractivity contribution in [3.63, 3.8) is 0 Å². The van der Waals surface area contributed by atoms with Crippen molar-refractivity contribution in [2.24, 2.45) is 0 Å². The monoisotopic (exact) mass is 149 g/mol. The summed E-state index contributed by atoms with van der Waals surface area (Å²) in [6.45, 7) is 1.02. The standard InChI is InChI=1S/C8H11N3/c1-9-7-3-2-6-4-5-10-8(6)11-7/h2-3H,4-5H2,1H3,(H2,9,10,11). The lowest BCUT2D eigenvalue weighted by Gasteiger charge is -2.01. The SMILES string of the molecule is CNc1ccc2c(n1)NCC2. The molecule has 3 heteroatoms. The minimum Gasteiger partial charge on any atom is -0.373 e. The number of aromatic nitrogens is 1. The van der Waals surface area contributed by atoms with E-state index in [9.17, 15) is 0 Å².